The fourth-order valence-electron chi connectivity index (χ4n) is 2.98. The molecule has 9 nitrogen and oxygen atoms in total. The van der Waals surface area contributed by atoms with Crippen LogP contribution in [0.4, 0.5) is 23.2 Å². The second-order valence-electron chi connectivity index (χ2n) is 6.48. The van der Waals surface area contributed by atoms with Gasteiger partial charge in [0.15, 0.2) is 23.3 Å². The summed E-state index contributed by atoms with van der Waals surface area (Å²) in [7, 11) is 0. The Bertz CT molecular complexity index is 1150. The Morgan fingerprint density at radius 3 is 1.62 bits per heavy atom. The molecule has 0 spiro atoms. The number of carbonyl (C=O) groups excluding carboxylic acids is 3. The summed E-state index contributed by atoms with van der Waals surface area (Å²) in [5.41, 5.74) is -3.72. The molecule has 13 heteroatoms. The maximum Gasteiger partial charge on any atom is 0.335 e. The van der Waals surface area contributed by atoms with Gasteiger partial charge in [0.05, 0.1) is 22.3 Å². The van der Waals surface area contributed by atoms with E-state index in [2.05, 4.69) is 5.32 Å². The molecule has 32 heavy (non-hydrogen) atoms. The molecule has 3 amide bonds. The second-order valence-corrected chi connectivity index (χ2v) is 6.48. The number of hydrogen-bond acceptors (Lipinski definition) is 5. The van der Waals surface area contributed by atoms with Gasteiger partial charge in [-0.3, -0.25) is 19.3 Å². The Hall–Kier alpha value is -4.29. The number of fused-ring (bicyclic) bond motifs is 1. The highest BCUT2D eigenvalue weighted by molar-refractivity contribution is 6.21. The lowest BCUT2D eigenvalue weighted by atomic mass is 10.1. The quantitative estimate of drug-likeness (QED) is 0.263. The first-order valence-corrected chi connectivity index (χ1v) is 8.57. The van der Waals surface area contributed by atoms with Crippen LogP contribution >= 0.6 is 0 Å². The van der Waals surface area contributed by atoms with E-state index >= 15 is 0 Å². The van der Waals surface area contributed by atoms with Crippen LogP contribution in [0.2, 0.25) is 0 Å². The van der Waals surface area contributed by atoms with Gasteiger partial charge in [-0.05, 0) is 18.2 Å². The van der Waals surface area contributed by atoms with Gasteiger partial charge >= 0.3 is 11.9 Å². The third-order valence-electron chi connectivity index (χ3n) is 4.46. The molecular weight excluding hydrogens is 444 g/mol. The smallest absolute Gasteiger partial charge is 0.335 e. The molecule has 3 N–H and O–H groups in total. The number of imide groups is 1. The first-order valence-electron chi connectivity index (χ1n) is 8.57. The lowest BCUT2D eigenvalue weighted by Crippen LogP contribution is -2.33. The highest BCUT2D eigenvalue weighted by Crippen LogP contribution is 2.31. The van der Waals surface area contributed by atoms with Crippen LogP contribution in [-0.2, 0) is 4.79 Å². The standard InChI is InChI=1S/C19H10F4N2O7/c20-12-10-11(13(21)15(23)14(12)22)17(28)25(16(10)27)2-1-9(26)24-8-4-6(18(29)30)3-7(5-8)19(31)32/h3-5H,1-2H2,(H,24,26)(H,29,30)(H,31,32). The third kappa shape index (κ3) is 3.75. The Morgan fingerprint density at radius 1 is 0.781 bits per heavy atom. The van der Waals surface area contributed by atoms with Gasteiger partial charge in [0, 0.05) is 18.7 Å². The van der Waals surface area contributed by atoms with E-state index < -0.39 is 88.1 Å². The number of rotatable bonds is 6. The van der Waals surface area contributed by atoms with E-state index in [1.54, 1.807) is 0 Å². The number of anilines is 1. The number of nitrogens with zero attached hydrogens (tertiary/aromatic N) is 1. The second kappa shape index (κ2) is 8.09. The molecule has 0 fully saturated rings. The van der Waals surface area contributed by atoms with E-state index in [4.69, 9.17) is 10.2 Å². The summed E-state index contributed by atoms with van der Waals surface area (Å²) in [6.07, 6.45) is -0.667. The highest BCUT2D eigenvalue weighted by Gasteiger charge is 2.43. The number of benzene rings is 2. The lowest BCUT2D eigenvalue weighted by molar-refractivity contribution is -0.116. The molecule has 0 aliphatic carbocycles. The van der Waals surface area contributed by atoms with Crippen LogP contribution in [0.1, 0.15) is 47.9 Å². The summed E-state index contributed by atoms with van der Waals surface area (Å²) in [6.45, 7) is -0.745. The molecule has 1 aliphatic heterocycles. The zero-order chi connectivity index (χ0) is 23.9. The van der Waals surface area contributed by atoms with Crippen molar-refractivity contribution >= 4 is 35.3 Å². The van der Waals surface area contributed by atoms with Gasteiger partial charge in [0.2, 0.25) is 5.91 Å². The van der Waals surface area contributed by atoms with Gasteiger partial charge in [-0.1, -0.05) is 0 Å². The minimum atomic E-state index is -2.27. The largest absolute Gasteiger partial charge is 0.478 e. The van der Waals surface area contributed by atoms with Gasteiger partial charge in [-0.2, -0.15) is 0 Å². The Morgan fingerprint density at radius 2 is 1.22 bits per heavy atom. The summed E-state index contributed by atoms with van der Waals surface area (Å²) in [6, 6.07) is 2.75. The van der Waals surface area contributed by atoms with Gasteiger partial charge in [-0.15, -0.1) is 0 Å². The fourth-order valence-corrected chi connectivity index (χ4v) is 2.98. The third-order valence-corrected chi connectivity index (χ3v) is 4.46. The van der Waals surface area contributed by atoms with Crippen LogP contribution in [0.25, 0.3) is 0 Å². The van der Waals surface area contributed by atoms with E-state index in [9.17, 15) is 41.5 Å². The average Bonchev–Trinajstić information content (AvgIpc) is 2.98. The Labute approximate surface area is 174 Å². The van der Waals surface area contributed by atoms with E-state index in [1.807, 2.05) is 0 Å². The summed E-state index contributed by atoms with van der Waals surface area (Å²) < 4.78 is 54.5. The molecule has 1 aliphatic rings. The van der Waals surface area contributed by atoms with Gasteiger partial charge < -0.3 is 15.5 Å². The SMILES string of the molecule is O=C(CCN1C(=O)c2c(F)c(F)c(F)c(F)c2C1=O)Nc1cc(C(=O)O)cc(C(=O)O)c1. The molecule has 1 heterocycles. The molecule has 0 radical (unpaired) electrons. The highest BCUT2D eigenvalue weighted by atomic mass is 19.2. The lowest BCUT2D eigenvalue weighted by Gasteiger charge is -2.14. The van der Waals surface area contributed by atoms with Crippen molar-refractivity contribution in [1.29, 1.82) is 0 Å². The number of carbonyl (C=O) groups is 5. The maximum atomic E-state index is 13.9. The number of halogens is 4. The van der Waals surface area contributed by atoms with Crippen LogP contribution in [0.15, 0.2) is 18.2 Å². The monoisotopic (exact) mass is 454 g/mol. The first-order chi connectivity index (χ1) is 14.9. The molecule has 3 rings (SSSR count). The predicted molar refractivity (Wildman–Crippen MR) is 95.2 cm³/mol. The minimum absolute atomic E-state index is 0.214. The summed E-state index contributed by atoms with van der Waals surface area (Å²) in [5, 5.41) is 20.2. The topological polar surface area (TPSA) is 141 Å². The zero-order valence-electron chi connectivity index (χ0n) is 15.5. The van der Waals surface area contributed by atoms with Gasteiger partial charge in [-0.25, -0.2) is 27.2 Å². The van der Waals surface area contributed by atoms with E-state index in [0.717, 1.165) is 18.2 Å². The molecule has 2 aromatic rings. The molecule has 2 aromatic carbocycles. The van der Waals surface area contributed by atoms with Gasteiger partial charge in [0.1, 0.15) is 0 Å². The van der Waals surface area contributed by atoms with Crippen molar-refractivity contribution in [2.45, 2.75) is 6.42 Å². The summed E-state index contributed by atoms with van der Waals surface area (Å²) in [4.78, 5) is 58.9. The predicted octanol–water partition coefficient (Wildman–Crippen LogP) is 2.26. The Kier molecular flexibility index (Phi) is 5.66. The van der Waals surface area contributed by atoms with Crippen LogP contribution in [0.5, 0.6) is 0 Å². The molecule has 0 unspecified atom stereocenters. The van der Waals surface area contributed by atoms with Crippen LogP contribution in [0.3, 0.4) is 0 Å². The number of amides is 3. The normalized spacial score (nSPS) is 12.7. The van der Waals surface area contributed by atoms with Crippen LogP contribution in [-0.4, -0.2) is 51.3 Å². The zero-order valence-corrected chi connectivity index (χ0v) is 15.5. The molecule has 166 valence electrons. The van der Waals surface area contributed by atoms with Crippen molar-refractivity contribution in [2.75, 3.05) is 11.9 Å². The molecule has 0 aromatic heterocycles. The number of carboxylic acids is 2. The van der Waals surface area contributed by atoms with Gasteiger partial charge in [0.25, 0.3) is 11.8 Å². The molecule has 0 saturated carbocycles. The van der Waals surface area contributed by atoms with E-state index in [-0.39, 0.29) is 10.6 Å². The number of aromatic carboxylic acids is 2. The van der Waals surface area contributed by atoms with Crippen molar-refractivity contribution in [3.63, 3.8) is 0 Å². The van der Waals surface area contributed by atoms with Crippen LogP contribution in [0, 0.1) is 23.3 Å². The van der Waals surface area contributed by atoms with E-state index in [0.29, 0.717) is 0 Å². The fraction of sp³-hybridized carbons (Fsp3) is 0.105. The van der Waals surface area contributed by atoms with E-state index in [1.165, 1.54) is 0 Å². The van der Waals surface area contributed by atoms with Crippen molar-refractivity contribution in [3.8, 4) is 0 Å². The number of hydrogen-bond donors (Lipinski definition) is 3. The number of nitrogens with one attached hydrogen (secondary N) is 1. The van der Waals surface area contributed by atoms with Crippen LogP contribution < -0.4 is 5.32 Å². The molecule has 0 atom stereocenters. The summed E-state index contributed by atoms with van der Waals surface area (Å²) in [5.74, 6) is -15.5. The Balaban J connectivity index is 1.78. The molecular formula is C19H10F4N2O7. The molecule has 0 bridgehead atoms. The van der Waals surface area contributed by atoms with Crippen molar-refractivity contribution in [2.24, 2.45) is 0 Å². The number of carboxylic acid groups (broad SMARTS) is 2. The summed E-state index contributed by atoms with van der Waals surface area (Å²) >= 11 is 0. The van der Waals surface area contributed by atoms with Crippen molar-refractivity contribution in [1.82, 2.24) is 4.90 Å². The molecule has 0 saturated heterocycles. The van der Waals surface area contributed by atoms with Crippen molar-refractivity contribution in [3.05, 3.63) is 63.7 Å². The maximum absolute atomic E-state index is 13.9. The van der Waals surface area contributed by atoms with Crippen molar-refractivity contribution < 1.29 is 51.7 Å². The average molecular weight is 454 g/mol. The first kappa shape index (κ1) is 22.4. The minimum Gasteiger partial charge on any atom is -0.478 e.